The molecule has 0 spiro atoms. The number of ether oxygens (including phenoxy) is 1. The van der Waals surface area contributed by atoms with Crippen LogP contribution >= 0.6 is 0 Å². The summed E-state index contributed by atoms with van der Waals surface area (Å²) in [4.78, 5) is 0. The lowest BCUT2D eigenvalue weighted by molar-refractivity contribution is 0.219. The van der Waals surface area contributed by atoms with Crippen LogP contribution in [0.2, 0.25) is 0 Å². The van der Waals surface area contributed by atoms with E-state index in [1.54, 1.807) is 0 Å². The summed E-state index contributed by atoms with van der Waals surface area (Å²) in [7, 11) is 0. The van der Waals surface area contributed by atoms with Crippen molar-refractivity contribution in [2.24, 2.45) is 0 Å². The number of aliphatic hydroxyl groups excluding tert-OH is 1. The van der Waals surface area contributed by atoms with Gasteiger partial charge in [-0.3, -0.25) is 0 Å². The number of aliphatic hydroxyl groups is 1. The van der Waals surface area contributed by atoms with Crippen LogP contribution in [-0.4, -0.2) is 11.7 Å². The molecule has 1 heterocycles. The fourth-order valence-corrected chi connectivity index (χ4v) is 2.68. The SMILES string of the molecule is Cc1ccc(C(O)c2ccc3c(c2)CCCO3)cc1C. The molecule has 20 heavy (non-hydrogen) atoms. The van der Waals surface area contributed by atoms with Crippen LogP contribution < -0.4 is 4.74 Å². The van der Waals surface area contributed by atoms with Crippen molar-refractivity contribution < 1.29 is 9.84 Å². The van der Waals surface area contributed by atoms with Crippen molar-refractivity contribution in [1.29, 1.82) is 0 Å². The Morgan fingerprint density at radius 3 is 2.55 bits per heavy atom. The van der Waals surface area contributed by atoms with E-state index in [1.165, 1.54) is 16.7 Å². The molecule has 0 aliphatic carbocycles. The van der Waals surface area contributed by atoms with E-state index in [4.69, 9.17) is 4.74 Å². The molecule has 1 atom stereocenters. The van der Waals surface area contributed by atoms with Crippen LogP contribution in [0.25, 0.3) is 0 Å². The highest BCUT2D eigenvalue weighted by molar-refractivity contribution is 5.42. The zero-order valence-electron chi connectivity index (χ0n) is 12.0. The Hall–Kier alpha value is -1.80. The second kappa shape index (κ2) is 5.29. The minimum absolute atomic E-state index is 0.568. The van der Waals surface area contributed by atoms with Gasteiger partial charge in [0.15, 0.2) is 0 Å². The summed E-state index contributed by atoms with van der Waals surface area (Å²) in [5.74, 6) is 0.965. The van der Waals surface area contributed by atoms with Crippen LogP contribution in [0.4, 0.5) is 0 Å². The molecule has 0 bridgehead atoms. The van der Waals surface area contributed by atoms with Crippen molar-refractivity contribution in [3.63, 3.8) is 0 Å². The van der Waals surface area contributed by atoms with Gasteiger partial charge >= 0.3 is 0 Å². The summed E-state index contributed by atoms with van der Waals surface area (Å²) >= 11 is 0. The maximum absolute atomic E-state index is 10.6. The minimum atomic E-state index is -0.568. The number of rotatable bonds is 2. The van der Waals surface area contributed by atoms with Crippen LogP contribution in [-0.2, 0) is 6.42 Å². The van der Waals surface area contributed by atoms with E-state index in [9.17, 15) is 5.11 Å². The summed E-state index contributed by atoms with van der Waals surface area (Å²) in [5, 5.41) is 10.6. The fourth-order valence-electron chi connectivity index (χ4n) is 2.68. The predicted molar refractivity (Wildman–Crippen MR) is 80.2 cm³/mol. The van der Waals surface area contributed by atoms with Crippen LogP contribution in [0.15, 0.2) is 36.4 Å². The number of fused-ring (bicyclic) bond motifs is 1. The van der Waals surface area contributed by atoms with E-state index in [0.29, 0.717) is 0 Å². The molecule has 0 saturated heterocycles. The number of benzene rings is 2. The highest BCUT2D eigenvalue weighted by Crippen LogP contribution is 2.30. The van der Waals surface area contributed by atoms with Crippen molar-refractivity contribution in [2.75, 3.05) is 6.61 Å². The molecule has 1 aliphatic rings. The summed E-state index contributed by atoms with van der Waals surface area (Å²) in [5.41, 5.74) is 5.56. The van der Waals surface area contributed by atoms with E-state index in [-0.39, 0.29) is 0 Å². The van der Waals surface area contributed by atoms with Gasteiger partial charge in [-0.1, -0.05) is 24.3 Å². The molecule has 3 rings (SSSR count). The molecule has 1 aliphatic heterocycles. The van der Waals surface area contributed by atoms with E-state index < -0.39 is 6.10 Å². The summed E-state index contributed by atoms with van der Waals surface area (Å²) < 4.78 is 5.62. The molecule has 1 N–H and O–H groups in total. The lowest BCUT2D eigenvalue weighted by Crippen LogP contribution is -2.09. The van der Waals surface area contributed by atoms with Gasteiger partial charge in [0.05, 0.1) is 6.61 Å². The normalized spacial score (nSPS) is 15.3. The van der Waals surface area contributed by atoms with Crippen molar-refractivity contribution >= 4 is 0 Å². The quantitative estimate of drug-likeness (QED) is 0.899. The monoisotopic (exact) mass is 268 g/mol. The summed E-state index contributed by atoms with van der Waals surface area (Å²) in [6.45, 7) is 4.96. The maximum atomic E-state index is 10.6. The average Bonchev–Trinajstić information content (AvgIpc) is 2.49. The number of aryl methyl sites for hydroxylation is 3. The molecule has 2 aromatic carbocycles. The molecule has 2 nitrogen and oxygen atoms in total. The topological polar surface area (TPSA) is 29.5 Å². The van der Waals surface area contributed by atoms with Gasteiger partial charge in [0, 0.05) is 0 Å². The first-order valence-corrected chi connectivity index (χ1v) is 7.16. The highest BCUT2D eigenvalue weighted by atomic mass is 16.5. The maximum Gasteiger partial charge on any atom is 0.122 e. The highest BCUT2D eigenvalue weighted by Gasteiger charge is 2.16. The van der Waals surface area contributed by atoms with Crippen LogP contribution in [0.1, 0.15) is 40.3 Å². The largest absolute Gasteiger partial charge is 0.493 e. The van der Waals surface area contributed by atoms with Crippen LogP contribution in [0.3, 0.4) is 0 Å². The third-order valence-electron chi connectivity index (χ3n) is 4.10. The number of hydrogen-bond donors (Lipinski definition) is 1. The van der Waals surface area contributed by atoms with Gasteiger partial charge in [-0.05, 0) is 66.6 Å². The standard InChI is InChI=1S/C18H20O2/c1-12-5-6-15(10-13(12)2)18(19)16-7-8-17-14(11-16)4-3-9-20-17/h5-8,10-11,18-19H,3-4,9H2,1-2H3. The molecule has 1 unspecified atom stereocenters. The van der Waals surface area contributed by atoms with Gasteiger partial charge < -0.3 is 9.84 Å². The van der Waals surface area contributed by atoms with Crippen molar-refractivity contribution in [3.8, 4) is 5.75 Å². The molecule has 104 valence electrons. The molecule has 0 saturated carbocycles. The Morgan fingerprint density at radius 2 is 1.75 bits per heavy atom. The van der Waals surface area contributed by atoms with Crippen molar-refractivity contribution in [1.82, 2.24) is 0 Å². The Bertz CT molecular complexity index is 631. The Balaban J connectivity index is 1.93. The predicted octanol–water partition coefficient (Wildman–Crippen LogP) is 3.71. The summed E-state index contributed by atoms with van der Waals surface area (Å²) in [6.07, 6.45) is 1.51. The van der Waals surface area contributed by atoms with E-state index in [1.807, 2.05) is 18.2 Å². The minimum Gasteiger partial charge on any atom is -0.493 e. The van der Waals surface area contributed by atoms with E-state index in [0.717, 1.165) is 36.3 Å². The van der Waals surface area contributed by atoms with Gasteiger partial charge in [0.2, 0.25) is 0 Å². The van der Waals surface area contributed by atoms with Gasteiger partial charge in [-0.25, -0.2) is 0 Å². The molecule has 0 fully saturated rings. The van der Waals surface area contributed by atoms with Crippen molar-refractivity contribution in [3.05, 3.63) is 64.2 Å². The smallest absolute Gasteiger partial charge is 0.122 e. The van der Waals surface area contributed by atoms with Crippen LogP contribution in [0.5, 0.6) is 5.75 Å². The summed E-state index contributed by atoms with van der Waals surface area (Å²) in [6, 6.07) is 12.2. The molecule has 2 aromatic rings. The second-order valence-corrected chi connectivity index (χ2v) is 5.57. The van der Waals surface area contributed by atoms with Gasteiger partial charge in [-0.2, -0.15) is 0 Å². The Morgan fingerprint density at radius 1 is 1.00 bits per heavy atom. The Labute approximate surface area is 120 Å². The van der Waals surface area contributed by atoms with Crippen LogP contribution in [0, 0.1) is 13.8 Å². The first kappa shape index (κ1) is 13.2. The lowest BCUT2D eigenvalue weighted by Gasteiger charge is -2.20. The van der Waals surface area contributed by atoms with E-state index in [2.05, 4.69) is 32.0 Å². The molecular weight excluding hydrogens is 248 g/mol. The average molecular weight is 268 g/mol. The van der Waals surface area contributed by atoms with Crippen molar-refractivity contribution in [2.45, 2.75) is 32.8 Å². The molecule has 0 amide bonds. The second-order valence-electron chi connectivity index (χ2n) is 5.57. The third kappa shape index (κ3) is 2.44. The molecule has 2 heteroatoms. The fraction of sp³-hybridized carbons (Fsp3) is 0.333. The Kier molecular flexibility index (Phi) is 3.49. The van der Waals surface area contributed by atoms with Gasteiger partial charge in [0.1, 0.15) is 11.9 Å². The zero-order valence-corrected chi connectivity index (χ0v) is 12.0. The lowest BCUT2D eigenvalue weighted by atomic mass is 9.95. The molecule has 0 aromatic heterocycles. The van der Waals surface area contributed by atoms with Gasteiger partial charge in [0.25, 0.3) is 0 Å². The van der Waals surface area contributed by atoms with E-state index >= 15 is 0 Å². The first-order valence-electron chi connectivity index (χ1n) is 7.16. The number of hydrogen-bond acceptors (Lipinski definition) is 2. The van der Waals surface area contributed by atoms with Gasteiger partial charge in [-0.15, -0.1) is 0 Å². The molecular formula is C18H20O2. The third-order valence-corrected chi connectivity index (χ3v) is 4.10. The molecule has 0 radical (unpaired) electrons. The zero-order chi connectivity index (χ0) is 14.1. The first-order chi connectivity index (χ1) is 9.65.